The first-order valence-electron chi connectivity index (χ1n) is 16.6. The summed E-state index contributed by atoms with van der Waals surface area (Å²) in [5.41, 5.74) is 9.34. The molecule has 0 aliphatic heterocycles. The standard InChI is InChI=1S/C45H27N3OS/c1-3-10-30(11-4-1)43-46-44(31-12-5-2-6-13-31)48-45(47-43)33-23-25-37-36-24-22-32(26-40(36)50-41(37)27-33)28-18-20-29(21-19-28)34-15-9-16-38-35-14-7-8-17-39(35)49-42(34)38/h1-27H. The molecule has 4 nitrogen and oxygen atoms in total. The number of hydrogen-bond acceptors (Lipinski definition) is 5. The van der Waals surface area contributed by atoms with Crippen molar-refractivity contribution in [3.8, 4) is 56.4 Å². The van der Waals surface area contributed by atoms with E-state index in [4.69, 9.17) is 19.4 Å². The molecule has 0 amide bonds. The lowest BCUT2D eigenvalue weighted by Gasteiger charge is -2.08. The van der Waals surface area contributed by atoms with Crippen molar-refractivity contribution in [1.82, 2.24) is 15.0 Å². The number of rotatable bonds is 5. The molecule has 3 aromatic heterocycles. The van der Waals surface area contributed by atoms with Gasteiger partial charge in [0, 0.05) is 53.2 Å². The second-order valence-electron chi connectivity index (χ2n) is 12.4. The number of aromatic nitrogens is 3. The number of para-hydroxylation sites is 2. The van der Waals surface area contributed by atoms with Gasteiger partial charge in [0.15, 0.2) is 17.5 Å². The molecular weight excluding hydrogens is 631 g/mol. The van der Waals surface area contributed by atoms with E-state index in [0.717, 1.165) is 49.8 Å². The summed E-state index contributed by atoms with van der Waals surface area (Å²) in [4.78, 5) is 14.7. The maximum absolute atomic E-state index is 6.31. The van der Waals surface area contributed by atoms with Crippen LogP contribution in [-0.4, -0.2) is 15.0 Å². The Hall–Kier alpha value is -6.43. The summed E-state index contributed by atoms with van der Waals surface area (Å²) >= 11 is 1.80. The van der Waals surface area contributed by atoms with Crippen LogP contribution in [0.2, 0.25) is 0 Å². The summed E-state index contributed by atoms with van der Waals surface area (Å²) in [6, 6.07) is 56.9. The van der Waals surface area contributed by atoms with Crippen LogP contribution < -0.4 is 0 Å². The number of benzene rings is 7. The average Bonchev–Trinajstić information content (AvgIpc) is 3.76. The monoisotopic (exact) mass is 657 g/mol. The minimum atomic E-state index is 0.663. The third-order valence-corrected chi connectivity index (χ3v) is 10.5. The molecule has 0 fully saturated rings. The Morgan fingerprint density at radius 3 is 1.56 bits per heavy atom. The van der Waals surface area contributed by atoms with Crippen LogP contribution in [0.5, 0.6) is 0 Å². The van der Waals surface area contributed by atoms with E-state index in [1.165, 1.54) is 31.3 Å². The zero-order valence-corrected chi connectivity index (χ0v) is 27.6. The van der Waals surface area contributed by atoms with Gasteiger partial charge in [-0.2, -0.15) is 0 Å². The molecule has 10 aromatic rings. The smallest absolute Gasteiger partial charge is 0.164 e. The molecule has 0 aliphatic carbocycles. The normalized spacial score (nSPS) is 11.6. The molecule has 7 aromatic carbocycles. The third kappa shape index (κ3) is 4.87. The highest BCUT2D eigenvalue weighted by Crippen LogP contribution is 2.40. The fourth-order valence-electron chi connectivity index (χ4n) is 6.85. The first-order valence-corrected chi connectivity index (χ1v) is 17.4. The minimum Gasteiger partial charge on any atom is -0.455 e. The number of furan rings is 1. The second-order valence-corrected chi connectivity index (χ2v) is 13.5. The summed E-state index contributed by atoms with van der Waals surface area (Å²) < 4.78 is 8.76. The zero-order valence-electron chi connectivity index (χ0n) is 26.7. The first kappa shape index (κ1) is 28.6. The molecule has 0 spiro atoms. The lowest BCUT2D eigenvalue weighted by atomic mass is 9.98. The summed E-state index contributed by atoms with van der Waals surface area (Å²) in [5.74, 6) is 1.99. The number of thiophene rings is 1. The molecule has 0 aliphatic rings. The van der Waals surface area contributed by atoms with Gasteiger partial charge in [0.1, 0.15) is 11.2 Å². The molecule has 0 saturated carbocycles. The van der Waals surface area contributed by atoms with E-state index in [0.29, 0.717) is 17.5 Å². The number of hydrogen-bond donors (Lipinski definition) is 0. The lowest BCUT2D eigenvalue weighted by molar-refractivity contribution is 0.670. The largest absolute Gasteiger partial charge is 0.455 e. The van der Waals surface area contributed by atoms with Crippen molar-refractivity contribution < 1.29 is 4.42 Å². The van der Waals surface area contributed by atoms with Crippen LogP contribution in [0, 0.1) is 0 Å². The maximum Gasteiger partial charge on any atom is 0.164 e. The maximum atomic E-state index is 6.31. The molecule has 10 rings (SSSR count). The summed E-state index contributed by atoms with van der Waals surface area (Å²) in [7, 11) is 0. The van der Waals surface area contributed by atoms with Crippen LogP contribution >= 0.6 is 11.3 Å². The highest BCUT2D eigenvalue weighted by Gasteiger charge is 2.15. The van der Waals surface area contributed by atoms with Crippen molar-refractivity contribution in [3.05, 3.63) is 164 Å². The van der Waals surface area contributed by atoms with Crippen LogP contribution in [-0.2, 0) is 0 Å². The molecule has 0 atom stereocenters. The molecule has 0 bridgehead atoms. The quantitative estimate of drug-likeness (QED) is 0.185. The summed E-state index contributed by atoms with van der Waals surface area (Å²) in [6.45, 7) is 0. The van der Waals surface area contributed by atoms with E-state index in [-0.39, 0.29) is 0 Å². The van der Waals surface area contributed by atoms with Crippen LogP contribution in [0.25, 0.3) is 98.5 Å². The van der Waals surface area contributed by atoms with E-state index in [1.54, 1.807) is 11.3 Å². The highest BCUT2D eigenvalue weighted by atomic mass is 32.1. The highest BCUT2D eigenvalue weighted by molar-refractivity contribution is 7.25. The fourth-order valence-corrected chi connectivity index (χ4v) is 8.03. The SMILES string of the molecule is c1ccc(-c2nc(-c3ccccc3)nc(-c3ccc4c(c3)sc3cc(-c5ccc(-c6cccc7c6oc6ccccc67)cc5)ccc34)n2)cc1. The van der Waals surface area contributed by atoms with Crippen molar-refractivity contribution in [3.63, 3.8) is 0 Å². The Balaban J connectivity index is 1.01. The van der Waals surface area contributed by atoms with Gasteiger partial charge < -0.3 is 4.42 Å². The molecule has 0 unspecified atom stereocenters. The van der Waals surface area contributed by atoms with Gasteiger partial charge in [0.25, 0.3) is 0 Å². The third-order valence-electron chi connectivity index (χ3n) is 9.36. The van der Waals surface area contributed by atoms with Gasteiger partial charge in [-0.15, -0.1) is 11.3 Å². The van der Waals surface area contributed by atoms with Gasteiger partial charge in [0.05, 0.1) is 0 Å². The van der Waals surface area contributed by atoms with Crippen LogP contribution in [0.15, 0.2) is 168 Å². The topological polar surface area (TPSA) is 51.8 Å². The molecule has 50 heavy (non-hydrogen) atoms. The van der Waals surface area contributed by atoms with Gasteiger partial charge in [-0.1, -0.05) is 146 Å². The summed E-state index contributed by atoms with van der Waals surface area (Å²) in [6.07, 6.45) is 0. The zero-order chi connectivity index (χ0) is 33.0. The molecule has 3 heterocycles. The van der Waals surface area contributed by atoms with Crippen LogP contribution in [0.4, 0.5) is 0 Å². The van der Waals surface area contributed by atoms with E-state index in [9.17, 15) is 0 Å². The van der Waals surface area contributed by atoms with Crippen LogP contribution in [0.3, 0.4) is 0 Å². The van der Waals surface area contributed by atoms with Crippen molar-refractivity contribution in [2.75, 3.05) is 0 Å². The Morgan fingerprint density at radius 2 is 0.880 bits per heavy atom. The molecule has 0 N–H and O–H groups in total. The molecule has 234 valence electrons. The first-order chi connectivity index (χ1) is 24.7. The van der Waals surface area contributed by atoms with Gasteiger partial charge in [-0.25, -0.2) is 15.0 Å². The molecule has 0 radical (unpaired) electrons. The fraction of sp³-hybridized carbons (Fsp3) is 0. The molecular formula is C45H27N3OS. The Bertz CT molecular complexity index is 2800. The molecule has 0 saturated heterocycles. The molecule has 5 heteroatoms. The Labute approximate surface area is 292 Å². The minimum absolute atomic E-state index is 0.663. The van der Waals surface area contributed by atoms with E-state index >= 15 is 0 Å². The van der Waals surface area contributed by atoms with Gasteiger partial charge in [-0.3, -0.25) is 0 Å². The van der Waals surface area contributed by atoms with Gasteiger partial charge in [0.2, 0.25) is 0 Å². The van der Waals surface area contributed by atoms with E-state index in [1.807, 2.05) is 72.8 Å². The van der Waals surface area contributed by atoms with Gasteiger partial charge >= 0.3 is 0 Å². The van der Waals surface area contributed by atoms with Crippen molar-refractivity contribution in [2.45, 2.75) is 0 Å². The van der Waals surface area contributed by atoms with Crippen molar-refractivity contribution >= 4 is 53.4 Å². The second kappa shape index (κ2) is 11.6. The number of nitrogens with zero attached hydrogens (tertiary/aromatic N) is 3. The van der Waals surface area contributed by atoms with E-state index < -0.39 is 0 Å². The van der Waals surface area contributed by atoms with E-state index in [2.05, 4.69) is 91.0 Å². The number of fused-ring (bicyclic) bond motifs is 6. The summed E-state index contributed by atoms with van der Waals surface area (Å²) in [5, 5.41) is 4.77. The lowest BCUT2D eigenvalue weighted by Crippen LogP contribution is -1.99. The van der Waals surface area contributed by atoms with Crippen molar-refractivity contribution in [2.24, 2.45) is 0 Å². The average molecular weight is 658 g/mol. The van der Waals surface area contributed by atoms with Crippen LogP contribution in [0.1, 0.15) is 0 Å². The van der Waals surface area contributed by atoms with Gasteiger partial charge in [-0.05, 0) is 34.9 Å². The predicted molar refractivity (Wildman–Crippen MR) is 207 cm³/mol. The Kier molecular flexibility index (Phi) is 6.64. The van der Waals surface area contributed by atoms with Crippen molar-refractivity contribution in [1.29, 1.82) is 0 Å². The Morgan fingerprint density at radius 1 is 0.360 bits per heavy atom. The predicted octanol–water partition coefficient (Wildman–Crippen LogP) is 12.5.